The second-order valence-electron chi connectivity index (χ2n) is 9.17. The van der Waals surface area contributed by atoms with Crippen molar-refractivity contribution < 1.29 is 4.55 Å². The average Bonchev–Trinajstić information content (AvgIpc) is 3.29. The van der Waals surface area contributed by atoms with E-state index in [1.165, 1.54) is 44.1 Å². The highest BCUT2D eigenvalue weighted by Crippen LogP contribution is 2.51. The Labute approximate surface area is 175 Å². The molecule has 1 aliphatic heterocycles. The maximum atomic E-state index is 12.0. The molecule has 1 saturated heterocycles. The fourth-order valence-electron chi connectivity index (χ4n) is 5.15. The third kappa shape index (κ3) is 3.76. The lowest BCUT2D eigenvalue weighted by Crippen LogP contribution is -2.40. The van der Waals surface area contributed by atoms with Gasteiger partial charge in [0.05, 0.1) is 11.2 Å². The Kier molecular flexibility index (Phi) is 5.59. The first kappa shape index (κ1) is 20.3. The number of anilines is 1. The molecule has 2 aromatic heterocycles. The molecule has 0 amide bonds. The molecule has 2 atom stereocenters. The maximum absolute atomic E-state index is 12.0. The lowest BCUT2D eigenvalue weighted by molar-refractivity contribution is 0.212. The van der Waals surface area contributed by atoms with Crippen molar-refractivity contribution in [3.8, 4) is 0 Å². The van der Waals surface area contributed by atoms with E-state index in [2.05, 4.69) is 33.1 Å². The fourth-order valence-corrected chi connectivity index (χ4v) is 5.99. The number of nitrogens with zero attached hydrogens (tertiary/aromatic N) is 4. The molecular weight excluding hydrogens is 390 g/mol. The van der Waals surface area contributed by atoms with Crippen LogP contribution >= 0.6 is 11.9 Å². The van der Waals surface area contributed by atoms with Crippen molar-refractivity contribution in [2.75, 3.05) is 24.2 Å². The van der Waals surface area contributed by atoms with E-state index in [1.54, 1.807) is 0 Å². The number of hydrogen-bond donors (Lipinski definition) is 1. The molecule has 1 unspecified atom stereocenters. The van der Waals surface area contributed by atoms with Crippen molar-refractivity contribution in [3.05, 3.63) is 18.6 Å². The topological polar surface area (TPSA) is 82.5 Å². The van der Waals surface area contributed by atoms with Crippen LogP contribution in [0.25, 0.3) is 5.65 Å². The number of imidazole rings is 1. The van der Waals surface area contributed by atoms with Gasteiger partial charge in [-0.2, -0.15) is 0 Å². The number of nitrogens with two attached hydrogens (primary N) is 1. The quantitative estimate of drug-likeness (QED) is 0.586. The second kappa shape index (κ2) is 7.70. The summed E-state index contributed by atoms with van der Waals surface area (Å²) < 4.78 is 14.0. The standard InChI is InChI=1S/C20H31N5OS2/c1-19(2,28(3)26)12-15-4-5-20(13-15)6-9-24(10-7-20)18-23-14-16(27-21)17-22-8-11-25(17)18/h8,11,14-15H,4-7,9-10,12-13,21H2,1-3H3/t15?,28-/m0/s1. The molecule has 28 heavy (non-hydrogen) atoms. The van der Waals surface area contributed by atoms with Crippen LogP contribution in [0.3, 0.4) is 0 Å². The van der Waals surface area contributed by atoms with Gasteiger partial charge >= 0.3 is 0 Å². The van der Waals surface area contributed by atoms with Crippen molar-refractivity contribution in [1.29, 1.82) is 0 Å². The molecule has 154 valence electrons. The van der Waals surface area contributed by atoms with Gasteiger partial charge in [0.25, 0.3) is 0 Å². The highest BCUT2D eigenvalue weighted by molar-refractivity contribution is 7.97. The van der Waals surface area contributed by atoms with Gasteiger partial charge in [-0.15, -0.1) is 0 Å². The van der Waals surface area contributed by atoms with Crippen LogP contribution in [-0.2, 0) is 11.2 Å². The summed E-state index contributed by atoms with van der Waals surface area (Å²) in [6.45, 7) is 6.38. The van der Waals surface area contributed by atoms with Crippen LogP contribution in [0.2, 0.25) is 0 Å². The minimum absolute atomic E-state index is 0.0728. The number of rotatable bonds is 5. The molecule has 0 aromatic carbocycles. The van der Waals surface area contributed by atoms with Gasteiger partial charge in [0.1, 0.15) is 4.75 Å². The first-order valence-corrected chi connectivity index (χ1v) is 12.5. The van der Waals surface area contributed by atoms with Crippen LogP contribution in [0.5, 0.6) is 0 Å². The van der Waals surface area contributed by atoms with Crippen molar-refractivity contribution in [2.24, 2.45) is 16.5 Å². The molecule has 0 radical (unpaired) electrons. The van der Waals surface area contributed by atoms with Crippen LogP contribution in [0.15, 0.2) is 23.5 Å². The van der Waals surface area contributed by atoms with Gasteiger partial charge in [-0.05, 0) is 69.2 Å². The minimum atomic E-state index is -0.767. The Balaban J connectivity index is 1.42. The highest BCUT2D eigenvalue weighted by Gasteiger charge is 2.44. The summed E-state index contributed by atoms with van der Waals surface area (Å²) in [5, 5.41) is 5.75. The number of piperidine rings is 1. The molecule has 4 rings (SSSR count). The van der Waals surface area contributed by atoms with Gasteiger partial charge < -0.3 is 9.45 Å². The molecule has 3 heterocycles. The summed E-state index contributed by atoms with van der Waals surface area (Å²) in [6.07, 6.45) is 14.9. The third-order valence-electron chi connectivity index (χ3n) is 6.97. The van der Waals surface area contributed by atoms with E-state index in [0.717, 1.165) is 36.0 Å². The first-order valence-electron chi connectivity index (χ1n) is 10.1. The van der Waals surface area contributed by atoms with Crippen LogP contribution in [0.1, 0.15) is 52.4 Å². The molecule has 2 N–H and O–H groups in total. The van der Waals surface area contributed by atoms with Gasteiger partial charge in [0.2, 0.25) is 5.95 Å². The Morgan fingerprint density at radius 3 is 2.75 bits per heavy atom. The normalized spacial score (nSPS) is 23.6. The molecule has 0 bridgehead atoms. The van der Waals surface area contributed by atoms with Gasteiger partial charge in [0, 0.05) is 38.1 Å². The Hall–Kier alpha value is -0.960. The van der Waals surface area contributed by atoms with E-state index in [4.69, 9.17) is 5.14 Å². The Bertz CT molecular complexity index is 829. The average molecular weight is 422 g/mol. The summed E-state index contributed by atoms with van der Waals surface area (Å²) in [6, 6.07) is 0. The molecule has 1 aliphatic carbocycles. The Morgan fingerprint density at radius 2 is 2.07 bits per heavy atom. The largest absolute Gasteiger partial charge is 0.616 e. The predicted molar refractivity (Wildman–Crippen MR) is 117 cm³/mol. The highest BCUT2D eigenvalue weighted by atomic mass is 32.2. The van der Waals surface area contributed by atoms with E-state index < -0.39 is 11.2 Å². The van der Waals surface area contributed by atoms with Crippen molar-refractivity contribution in [1.82, 2.24) is 14.4 Å². The zero-order valence-corrected chi connectivity index (χ0v) is 18.7. The molecule has 8 heteroatoms. The van der Waals surface area contributed by atoms with E-state index in [0.29, 0.717) is 11.3 Å². The molecule has 1 spiro atoms. The van der Waals surface area contributed by atoms with E-state index in [1.807, 2.05) is 24.8 Å². The summed E-state index contributed by atoms with van der Waals surface area (Å²) >= 11 is 0.427. The zero-order valence-electron chi connectivity index (χ0n) is 17.1. The molecule has 2 aromatic rings. The van der Waals surface area contributed by atoms with Crippen LogP contribution in [0, 0.1) is 11.3 Å². The molecular formula is C20H31N5OS2. The van der Waals surface area contributed by atoms with E-state index >= 15 is 0 Å². The minimum Gasteiger partial charge on any atom is -0.616 e. The van der Waals surface area contributed by atoms with Crippen molar-refractivity contribution >= 4 is 34.7 Å². The molecule has 6 nitrogen and oxygen atoms in total. The van der Waals surface area contributed by atoms with Gasteiger partial charge in [-0.3, -0.25) is 9.54 Å². The summed E-state index contributed by atoms with van der Waals surface area (Å²) in [7, 11) is 0. The second-order valence-corrected chi connectivity index (χ2v) is 11.9. The summed E-state index contributed by atoms with van der Waals surface area (Å²) in [5.74, 6) is 1.68. The molecule has 2 aliphatic rings. The zero-order chi connectivity index (χ0) is 19.9. The van der Waals surface area contributed by atoms with E-state index in [-0.39, 0.29) is 4.75 Å². The summed E-state index contributed by atoms with van der Waals surface area (Å²) in [5.41, 5.74) is 1.35. The SMILES string of the molecule is C[S@+]([O-])C(C)(C)CC1CCC2(CCN(c3ncc(SN)c4nccn34)CC2)C1. The van der Waals surface area contributed by atoms with Gasteiger partial charge in [-0.1, -0.05) is 11.2 Å². The molecule has 1 saturated carbocycles. The predicted octanol–water partition coefficient (Wildman–Crippen LogP) is 3.63. The number of fused-ring (bicyclic) bond motifs is 1. The van der Waals surface area contributed by atoms with Gasteiger partial charge in [0.15, 0.2) is 5.65 Å². The van der Waals surface area contributed by atoms with Crippen molar-refractivity contribution in [3.63, 3.8) is 0 Å². The van der Waals surface area contributed by atoms with E-state index in [9.17, 15) is 4.55 Å². The van der Waals surface area contributed by atoms with Crippen molar-refractivity contribution in [2.45, 2.75) is 62.0 Å². The van der Waals surface area contributed by atoms with Gasteiger partial charge in [-0.25, -0.2) is 9.97 Å². The smallest absolute Gasteiger partial charge is 0.211 e. The lowest BCUT2D eigenvalue weighted by atomic mass is 9.76. The van der Waals surface area contributed by atoms with Crippen LogP contribution < -0.4 is 10.0 Å². The number of hydrogen-bond acceptors (Lipinski definition) is 6. The first-order chi connectivity index (χ1) is 13.3. The van der Waals surface area contributed by atoms with Crippen LogP contribution in [0.4, 0.5) is 5.95 Å². The Morgan fingerprint density at radius 1 is 1.32 bits per heavy atom. The fraction of sp³-hybridized carbons (Fsp3) is 0.700. The monoisotopic (exact) mass is 421 g/mol. The molecule has 2 fully saturated rings. The summed E-state index contributed by atoms with van der Waals surface area (Å²) in [4.78, 5) is 12.4. The third-order valence-corrected chi connectivity index (χ3v) is 9.24. The lowest BCUT2D eigenvalue weighted by Gasteiger charge is -2.40. The number of aromatic nitrogens is 3. The van der Waals surface area contributed by atoms with Crippen LogP contribution in [-0.4, -0.2) is 43.0 Å². The maximum Gasteiger partial charge on any atom is 0.211 e.